The first-order valence-corrected chi connectivity index (χ1v) is 9.39. The van der Waals surface area contributed by atoms with Crippen molar-refractivity contribution >= 4 is 43.8 Å². The molecule has 0 aliphatic rings. The largest absolute Gasteiger partial charge is 0.459 e. The summed E-state index contributed by atoms with van der Waals surface area (Å²) in [6.45, 7) is 11.1. The predicted octanol–water partition coefficient (Wildman–Crippen LogP) is 4.76. The second-order valence-electron chi connectivity index (χ2n) is 7.29. The van der Waals surface area contributed by atoms with E-state index < -0.39 is 11.2 Å². The van der Waals surface area contributed by atoms with Crippen molar-refractivity contribution in [3.05, 3.63) is 0 Å². The monoisotopic (exact) mass is 442 g/mol. The van der Waals surface area contributed by atoms with Crippen LogP contribution in [-0.2, 0) is 19.1 Å². The zero-order valence-electron chi connectivity index (χ0n) is 14.4. The molecule has 0 heterocycles. The van der Waals surface area contributed by atoms with Crippen molar-refractivity contribution in [2.45, 2.75) is 88.1 Å². The van der Waals surface area contributed by atoms with Crippen molar-refractivity contribution in [2.24, 2.45) is 0 Å². The van der Waals surface area contributed by atoms with Crippen LogP contribution in [-0.4, -0.2) is 32.8 Å². The Kier molecular flexibility index (Phi) is 9.22. The Labute approximate surface area is 150 Å². The summed E-state index contributed by atoms with van der Waals surface area (Å²) in [5.74, 6) is -0.481. The summed E-state index contributed by atoms with van der Waals surface area (Å²) >= 11 is 6.71. The average Bonchev–Trinajstić information content (AvgIpc) is 2.29. The lowest BCUT2D eigenvalue weighted by Crippen LogP contribution is -2.29. The zero-order chi connectivity index (χ0) is 17.6. The molecule has 2 unspecified atom stereocenters. The molecule has 0 radical (unpaired) electrons. The second kappa shape index (κ2) is 9.26. The van der Waals surface area contributed by atoms with Gasteiger partial charge in [0.2, 0.25) is 0 Å². The van der Waals surface area contributed by atoms with Gasteiger partial charge < -0.3 is 9.47 Å². The van der Waals surface area contributed by atoms with Crippen molar-refractivity contribution in [3.63, 3.8) is 0 Å². The third-order valence-corrected chi connectivity index (χ3v) is 4.15. The molecule has 6 heteroatoms. The Morgan fingerprint density at radius 3 is 1.27 bits per heavy atom. The maximum Gasteiger partial charge on any atom is 0.320 e. The Morgan fingerprint density at radius 2 is 1.05 bits per heavy atom. The molecular formula is C16H28Br2O4. The van der Waals surface area contributed by atoms with Crippen molar-refractivity contribution in [3.8, 4) is 0 Å². The first-order valence-electron chi connectivity index (χ1n) is 7.56. The van der Waals surface area contributed by atoms with E-state index in [4.69, 9.17) is 9.47 Å². The van der Waals surface area contributed by atoms with Crippen LogP contribution in [0.5, 0.6) is 0 Å². The van der Waals surface area contributed by atoms with E-state index in [0.29, 0.717) is 12.8 Å². The highest BCUT2D eigenvalue weighted by Crippen LogP contribution is 2.20. The molecule has 4 nitrogen and oxygen atoms in total. The van der Waals surface area contributed by atoms with Crippen molar-refractivity contribution in [1.29, 1.82) is 0 Å². The molecule has 0 aromatic carbocycles. The van der Waals surface area contributed by atoms with Crippen LogP contribution in [0.3, 0.4) is 0 Å². The van der Waals surface area contributed by atoms with Crippen LogP contribution in [0, 0.1) is 0 Å². The zero-order valence-corrected chi connectivity index (χ0v) is 17.5. The lowest BCUT2D eigenvalue weighted by atomic mass is 10.1. The van der Waals surface area contributed by atoms with Gasteiger partial charge in [0, 0.05) is 0 Å². The number of carbonyl (C=O) groups is 2. The molecular weight excluding hydrogens is 416 g/mol. The topological polar surface area (TPSA) is 52.6 Å². The van der Waals surface area contributed by atoms with Gasteiger partial charge in [0.1, 0.15) is 20.9 Å². The van der Waals surface area contributed by atoms with E-state index >= 15 is 0 Å². The number of hydrogen-bond acceptors (Lipinski definition) is 4. The minimum atomic E-state index is -0.471. The van der Waals surface area contributed by atoms with E-state index in [1.54, 1.807) is 0 Å². The van der Waals surface area contributed by atoms with E-state index in [1.807, 2.05) is 41.5 Å². The first kappa shape index (κ1) is 21.9. The maximum atomic E-state index is 11.8. The molecule has 0 saturated carbocycles. The molecule has 0 aromatic rings. The van der Waals surface area contributed by atoms with E-state index in [0.717, 1.165) is 12.8 Å². The van der Waals surface area contributed by atoms with Crippen molar-refractivity contribution in [1.82, 2.24) is 0 Å². The van der Waals surface area contributed by atoms with Gasteiger partial charge in [-0.3, -0.25) is 9.59 Å². The van der Waals surface area contributed by atoms with Crippen LogP contribution in [0.4, 0.5) is 0 Å². The molecule has 0 aromatic heterocycles. The summed E-state index contributed by atoms with van der Waals surface area (Å²) in [5.41, 5.74) is -0.943. The fourth-order valence-electron chi connectivity index (χ4n) is 1.61. The maximum absolute atomic E-state index is 11.8. The van der Waals surface area contributed by atoms with Gasteiger partial charge in [0.15, 0.2) is 0 Å². The van der Waals surface area contributed by atoms with Gasteiger partial charge in [0.05, 0.1) is 0 Å². The number of alkyl halides is 2. The molecule has 0 amide bonds. The lowest BCUT2D eigenvalue weighted by molar-refractivity contribution is -0.155. The van der Waals surface area contributed by atoms with Gasteiger partial charge in [-0.25, -0.2) is 0 Å². The molecule has 0 fully saturated rings. The molecule has 130 valence electrons. The van der Waals surface area contributed by atoms with Crippen LogP contribution in [0.25, 0.3) is 0 Å². The fraction of sp³-hybridized carbons (Fsp3) is 0.875. The van der Waals surface area contributed by atoms with Crippen LogP contribution >= 0.6 is 31.9 Å². The standard InChI is InChI=1S/C16H28Br2O4/c1-15(2,3)21-13(19)11(17)9-7-8-10-12(18)14(20)22-16(4,5)6/h11-12H,7-10H2,1-6H3. The van der Waals surface area contributed by atoms with Gasteiger partial charge in [-0.15, -0.1) is 0 Å². The summed E-state index contributed by atoms with van der Waals surface area (Å²) in [7, 11) is 0. The second-order valence-corrected chi connectivity index (χ2v) is 9.50. The number of ether oxygens (including phenoxy) is 2. The van der Waals surface area contributed by atoms with Crippen LogP contribution in [0.15, 0.2) is 0 Å². The fourth-order valence-corrected chi connectivity index (χ4v) is 2.45. The smallest absolute Gasteiger partial charge is 0.320 e. The lowest BCUT2D eigenvalue weighted by Gasteiger charge is -2.22. The van der Waals surface area contributed by atoms with Crippen LogP contribution < -0.4 is 0 Å². The van der Waals surface area contributed by atoms with E-state index in [1.165, 1.54) is 0 Å². The Bertz CT molecular complexity index is 333. The molecule has 0 spiro atoms. The first-order chi connectivity index (χ1) is 9.82. The summed E-state index contributed by atoms with van der Waals surface area (Å²) in [6, 6.07) is 0. The molecule has 0 aliphatic carbocycles. The Balaban J connectivity index is 3.97. The number of hydrogen-bond donors (Lipinski definition) is 0. The third kappa shape index (κ3) is 11.5. The quantitative estimate of drug-likeness (QED) is 0.323. The number of unbranched alkanes of at least 4 members (excludes halogenated alkanes) is 1. The van der Waals surface area contributed by atoms with Gasteiger partial charge >= 0.3 is 11.9 Å². The highest BCUT2D eigenvalue weighted by molar-refractivity contribution is 9.10. The Hall–Kier alpha value is -0.100. The molecule has 0 saturated heterocycles. The highest BCUT2D eigenvalue weighted by Gasteiger charge is 2.24. The van der Waals surface area contributed by atoms with Gasteiger partial charge in [0.25, 0.3) is 0 Å². The number of rotatable bonds is 7. The van der Waals surface area contributed by atoms with Crippen LogP contribution in [0.2, 0.25) is 0 Å². The van der Waals surface area contributed by atoms with Crippen LogP contribution in [0.1, 0.15) is 67.2 Å². The molecule has 22 heavy (non-hydrogen) atoms. The predicted molar refractivity (Wildman–Crippen MR) is 95.6 cm³/mol. The number of halogens is 2. The molecule has 0 aliphatic heterocycles. The Morgan fingerprint density at radius 1 is 0.773 bits per heavy atom. The summed E-state index contributed by atoms with van der Waals surface area (Å²) in [4.78, 5) is 23.0. The summed E-state index contributed by atoms with van der Waals surface area (Å²) < 4.78 is 10.6. The van der Waals surface area contributed by atoms with Gasteiger partial charge in [-0.05, 0) is 54.4 Å². The van der Waals surface area contributed by atoms with E-state index in [2.05, 4.69) is 31.9 Å². The third-order valence-electron chi connectivity index (χ3n) is 2.49. The van der Waals surface area contributed by atoms with E-state index in [9.17, 15) is 9.59 Å². The highest BCUT2D eigenvalue weighted by atomic mass is 79.9. The summed E-state index contributed by atoms with van der Waals surface area (Å²) in [6.07, 6.45) is 3.03. The minimum absolute atomic E-state index is 0.241. The normalized spacial score (nSPS) is 15.1. The average molecular weight is 444 g/mol. The molecule has 0 bridgehead atoms. The van der Waals surface area contributed by atoms with E-state index in [-0.39, 0.29) is 21.6 Å². The SMILES string of the molecule is CC(C)(C)OC(=O)C(Br)CCCCC(Br)C(=O)OC(C)(C)C. The van der Waals surface area contributed by atoms with Gasteiger partial charge in [-0.1, -0.05) is 44.7 Å². The molecule has 2 atom stereocenters. The van der Waals surface area contributed by atoms with Crippen molar-refractivity contribution in [2.75, 3.05) is 0 Å². The van der Waals surface area contributed by atoms with Crippen molar-refractivity contribution < 1.29 is 19.1 Å². The molecule has 0 rings (SSSR count). The minimum Gasteiger partial charge on any atom is -0.459 e. The summed E-state index contributed by atoms with van der Waals surface area (Å²) in [5, 5.41) is 0. The van der Waals surface area contributed by atoms with Gasteiger partial charge in [-0.2, -0.15) is 0 Å². The number of esters is 2. The number of carbonyl (C=O) groups excluding carboxylic acids is 2. The molecule has 0 N–H and O–H groups in total.